The number of anilines is 1. The molecule has 0 spiro atoms. The van der Waals surface area contributed by atoms with Crippen LogP contribution in [-0.2, 0) is 0 Å². The lowest BCUT2D eigenvalue weighted by atomic mass is 10.3. The molecule has 0 aromatic carbocycles. The Labute approximate surface area is 124 Å². The molecule has 1 atom stereocenters. The van der Waals surface area contributed by atoms with E-state index in [4.69, 9.17) is 0 Å². The van der Waals surface area contributed by atoms with Gasteiger partial charge in [0.2, 0.25) is 0 Å². The van der Waals surface area contributed by atoms with Crippen molar-refractivity contribution in [2.45, 2.75) is 45.6 Å². The molecule has 1 aromatic rings. The SMILES string of the molecule is CCN(CC)CC(C)Nc1cc(Br)nc(C2CC2)n1. The monoisotopic (exact) mass is 326 g/mol. The lowest BCUT2D eigenvalue weighted by Gasteiger charge is -2.23. The minimum absolute atomic E-state index is 0.383. The van der Waals surface area contributed by atoms with E-state index in [0.717, 1.165) is 35.9 Å². The van der Waals surface area contributed by atoms with E-state index in [-0.39, 0.29) is 0 Å². The van der Waals surface area contributed by atoms with Crippen molar-refractivity contribution < 1.29 is 0 Å². The maximum Gasteiger partial charge on any atom is 0.135 e. The van der Waals surface area contributed by atoms with Gasteiger partial charge in [-0.2, -0.15) is 0 Å². The molecular formula is C14H23BrN4. The Morgan fingerprint density at radius 3 is 2.63 bits per heavy atom. The van der Waals surface area contributed by atoms with Gasteiger partial charge in [0.15, 0.2) is 0 Å². The Hall–Kier alpha value is -0.680. The van der Waals surface area contributed by atoms with Crippen LogP contribution in [-0.4, -0.2) is 40.5 Å². The highest BCUT2D eigenvalue weighted by Gasteiger charge is 2.27. The van der Waals surface area contributed by atoms with Crippen LogP contribution in [0, 0.1) is 0 Å². The van der Waals surface area contributed by atoms with Crippen molar-refractivity contribution >= 4 is 21.7 Å². The highest BCUT2D eigenvalue weighted by Crippen LogP contribution is 2.38. The zero-order valence-electron chi connectivity index (χ0n) is 12.0. The van der Waals surface area contributed by atoms with Gasteiger partial charge >= 0.3 is 0 Å². The molecule has 0 radical (unpaired) electrons. The summed E-state index contributed by atoms with van der Waals surface area (Å²) in [5.74, 6) is 2.49. The molecule has 0 amide bonds. The number of halogens is 1. The van der Waals surface area contributed by atoms with Gasteiger partial charge in [-0.15, -0.1) is 0 Å². The molecule has 19 heavy (non-hydrogen) atoms. The molecule has 4 nitrogen and oxygen atoms in total. The summed E-state index contributed by atoms with van der Waals surface area (Å²) in [7, 11) is 0. The predicted molar refractivity (Wildman–Crippen MR) is 82.6 cm³/mol. The van der Waals surface area contributed by atoms with Gasteiger partial charge in [0.05, 0.1) is 0 Å². The molecular weight excluding hydrogens is 304 g/mol. The van der Waals surface area contributed by atoms with Crippen LogP contribution < -0.4 is 5.32 Å². The molecule has 106 valence electrons. The van der Waals surface area contributed by atoms with Crippen LogP contribution in [0.1, 0.15) is 45.4 Å². The van der Waals surface area contributed by atoms with Gasteiger partial charge in [-0.25, -0.2) is 9.97 Å². The van der Waals surface area contributed by atoms with E-state index >= 15 is 0 Å². The third kappa shape index (κ3) is 4.42. The molecule has 5 heteroatoms. The molecule has 1 fully saturated rings. The number of nitrogens with one attached hydrogen (secondary N) is 1. The average molecular weight is 327 g/mol. The number of nitrogens with zero attached hydrogens (tertiary/aromatic N) is 3. The van der Waals surface area contributed by atoms with Crippen LogP contribution in [0.25, 0.3) is 0 Å². The van der Waals surface area contributed by atoms with E-state index in [1.165, 1.54) is 12.8 Å². The van der Waals surface area contributed by atoms with E-state index in [1.807, 2.05) is 6.07 Å². The van der Waals surface area contributed by atoms with Gasteiger partial charge in [0, 0.05) is 24.6 Å². The van der Waals surface area contributed by atoms with E-state index in [1.54, 1.807) is 0 Å². The minimum atomic E-state index is 0.383. The molecule has 2 rings (SSSR count). The highest BCUT2D eigenvalue weighted by atomic mass is 79.9. The van der Waals surface area contributed by atoms with Crippen molar-refractivity contribution in [1.29, 1.82) is 0 Å². The fourth-order valence-electron chi connectivity index (χ4n) is 2.20. The standard InChI is InChI=1S/C14H23BrN4/c1-4-19(5-2)9-10(3)16-13-8-12(15)17-14(18-13)11-6-7-11/h8,10-11H,4-7,9H2,1-3H3,(H,16,17,18). The summed E-state index contributed by atoms with van der Waals surface area (Å²) in [5.41, 5.74) is 0. The van der Waals surface area contributed by atoms with Crippen LogP contribution in [0.15, 0.2) is 10.7 Å². The summed E-state index contributed by atoms with van der Waals surface area (Å²) < 4.78 is 0.877. The Morgan fingerprint density at radius 2 is 2.05 bits per heavy atom. The Balaban J connectivity index is 1.97. The van der Waals surface area contributed by atoms with Crippen molar-refractivity contribution in [1.82, 2.24) is 14.9 Å². The molecule has 1 aromatic heterocycles. The molecule has 1 unspecified atom stereocenters. The fraction of sp³-hybridized carbons (Fsp3) is 0.714. The largest absolute Gasteiger partial charge is 0.366 e. The average Bonchev–Trinajstić information content (AvgIpc) is 3.19. The first kappa shape index (κ1) is 14.7. The zero-order valence-corrected chi connectivity index (χ0v) is 13.6. The van der Waals surface area contributed by atoms with Crippen LogP contribution in [0.3, 0.4) is 0 Å². The van der Waals surface area contributed by atoms with Crippen LogP contribution in [0.5, 0.6) is 0 Å². The van der Waals surface area contributed by atoms with Gasteiger partial charge in [-0.05, 0) is 48.8 Å². The van der Waals surface area contributed by atoms with Gasteiger partial charge in [0.1, 0.15) is 16.2 Å². The molecule has 1 aliphatic carbocycles. The van der Waals surface area contributed by atoms with Crippen LogP contribution in [0.2, 0.25) is 0 Å². The topological polar surface area (TPSA) is 41.0 Å². The number of hydrogen-bond acceptors (Lipinski definition) is 4. The molecule has 0 saturated heterocycles. The minimum Gasteiger partial charge on any atom is -0.366 e. The molecule has 1 aliphatic rings. The highest BCUT2D eigenvalue weighted by molar-refractivity contribution is 9.10. The van der Waals surface area contributed by atoms with E-state index in [9.17, 15) is 0 Å². The van der Waals surface area contributed by atoms with E-state index in [2.05, 4.69) is 56.9 Å². The second-order valence-electron chi connectivity index (χ2n) is 5.24. The second-order valence-corrected chi connectivity index (χ2v) is 6.05. The summed E-state index contributed by atoms with van der Waals surface area (Å²) >= 11 is 3.48. The summed E-state index contributed by atoms with van der Waals surface area (Å²) in [5, 5.41) is 3.48. The van der Waals surface area contributed by atoms with E-state index < -0.39 is 0 Å². The quantitative estimate of drug-likeness (QED) is 0.781. The third-order valence-corrected chi connectivity index (χ3v) is 3.88. The number of aromatic nitrogens is 2. The normalized spacial score (nSPS) is 16.7. The molecule has 1 saturated carbocycles. The molecule has 1 N–H and O–H groups in total. The van der Waals surface area contributed by atoms with Gasteiger partial charge in [-0.1, -0.05) is 13.8 Å². The molecule has 0 aliphatic heterocycles. The van der Waals surface area contributed by atoms with Crippen molar-refractivity contribution in [2.75, 3.05) is 25.0 Å². The van der Waals surface area contributed by atoms with Gasteiger partial charge in [0.25, 0.3) is 0 Å². The predicted octanol–water partition coefficient (Wildman–Crippen LogP) is 3.26. The first-order chi connectivity index (χ1) is 9.12. The zero-order chi connectivity index (χ0) is 13.8. The number of likely N-dealkylation sites (N-methyl/N-ethyl adjacent to an activating group) is 1. The maximum absolute atomic E-state index is 4.62. The van der Waals surface area contributed by atoms with Crippen molar-refractivity contribution in [2.24, 2.45) is 0 Å². The first-order valence-corrected chi connectivity index (χ1v) is 7.95. The second kappa shape index (κ2) is 6.66. The van der Waals surface area contributed by atoms with Crippen molar-refractivity contribution in [3.8, 4) is 0 Å². The molecule has 1 heterocycles. The first-order valence-electron chi connectivity index (χ1n) is 7.15. The van der Waals surface area contributed by atoms with Crippen molar-refractivity contribution in [3.63, 3.8) is 0 Å². The van der Waals surface area contributed by atoms with Crippen LogP contribution in [0.4, 0.5) is 5.82 Å². The smallest absolute Gasteiger partial charge is 0.135 e. The summed E-state index contributed by atoms with van der Waals surface area (Å²) in [4.78, 5) is 11.5. The van der Waals surface area contributed by atoms with Gasteiger partial charge in [-0.3, -0.25) is 0 Å². The van der Waals surface area contributed by atoms with Gasteiger partial charge < -0.3 is 10.2 Å². The maximum atomic E-state index is 4.62. The lowest BCUT2D eigenvalue weighted by Crippen LogP contribution is -2.35. The third-order valence-electron chi connectivity index (χ3n) is 3.48. The fourth-order valence-corrected chi connectivity index (χ4v) is 2.60. The van der Waals surface area contributed by atoms with E-state index in [0.29, 0.717) is 12.0 Å². The summed E-state index contributed by atoms with van der Waals surface area (Å²) in [6.45, 7) is 9.80. The Morgan fingerprint density at radius 1 is 1.37 bits per heavy atom. The Kier molecular flexibility index (Phi) is 5.16. The van der Waals surface area contributed by atoms with Crippen molar-refractivity contribution in [3.05, 3.63) is 16.5 Å². The Bertz CT molecular complexity index is 416. The van der Waals surface area contributed by atoms with Crippen LogP contribution >= 0.6 is 15.9 Å². The number of rotatable bonds is 7. The summed E-state index contributed by atoms with van der Waals surface area (Å²) in [6, 6.07) is 2.35. The lowest BCUT2D eigenvalue weighted by molar-refractivity contribution is 0.294. The molecule has 0 bridgehead atoms. The number of hydrogen-bond donors (Lipinski definition) is 1. The summed E-state index contributed by atoms with van der Waals surface area (Å²) in [6.07, 6.45) is 2.45.